The molecule has 1 aliphatic carbocycles. The summed E-state index contributed by atoms with van der Waals surface area (Å²) in [6, 6.07) is 11.4. The summed E-state index contributed by atoms with van der Waals surface area (Å²) in [6.07, 6.45) is 10.2. The van der Waals surface area contributed by atoms with Crippen LogP contribution in [0.5, 0.6) is 0 Å². The van der Waals surface area contributed by atoms with Crippen molar-refractivity contribution in [2.75, 3.05) is 20.3 Å². The first-order valence-corrected chi connectivity index (χ1v) is 10.3. The number of aromatic nitrogens is 2. The van der Waals surface area contributed by atoms with Gasteiger partial charge in [-0.15, -0.1) is 0 Å². The normalized spacial score (nSPS) is 23.1. The lowest BCUT2D eigenvalue weighted by atomic mass is 10.0. The fraction of sp³-hybridized carbons (Fsp3) is 0.524. The summed E-state index contributed by atoms with van der Waals surface area (Å²) < 4.78 is 7.76. The van der Waals surface area contributed by atoms with E-state index in [4.69, 9.17) is 17.0 Å². The minimum Gasteiger partial charge on any atom is -0.385 e. The Morgan fingerprint density at radius 1 is 1.22 bits per heavy atom. The Kier molecular flexibility index (Phi) is 5.74. The topological polar surface area (TPSA) is 42.3 Å². The summed E-state index contributed by atoms with van der Waals surface area (Å²) in [7, 11) is 1.75. The van der Waals surface area contributed by atoms with Gasteiger partial charge in [0.25, 0.3) is 0 Å². The predicted octanol–water partition coefficient (Wildman–Crippen LogP) is 4.01. The maximum Gasteiger partial charge on any atom is 0.170 e. The molecule has 2 aromatic heterocycles. The summed E-state index contributed by atoms with van der Waals surface area (Å²) in [5, 5.41) is 4.36. The Labute approximate surface area is 166 Å². The SMILES string of the molecule is COCCCN1C(=S)N[C@@H](c2ccccn2)[C@@H]1c1cccn1C1CCCC1. The molecule has 0 aromatic carbocycles. The molecule has 27 heavy (non-hydrogen) atoms. The quantitative estimate of drug-likeness (QED) is 0.577. The van der Waals surface area contributed by atoms with Crippen LogP contribution in [0, 0.1) is 0 Å². The van der Waals surface area contributed by atoms with E-state index < -0.39 is 0 Å². The summed E-state index contributed by atoms with van der Waals surface area (Å²) in [6.45, 7) is 1.62. The smallest absolute Gasteiger partial charge is 0.170 e. The van der Waals surface area contributed by atoms with Gasteiger partial charge in [-0.25, -0.2) is 0 Å². The third-order valence-electron chi connectivity index (χ3n) is 5.78. The van der Waals surface area contributed by atoms with Crippen LogP contribution < -0.4 is 5.32 Å². The lowest BCUT2D eigenvalue weighted by Gasteiger charge is -2.30. The van der Waals surface area contributed by atoms with Gasteiger partial charge in [0.15, 0.2) is 5.11 Å². The van der Waals surface area contributed by atoms with Crippen molar-refractivity contribution >= 4 is 17.3 Å². The third kappa shape index (κ3) is 3.73. The molecule has 2 aliphatic rings. The van der Waals surface area contributed by atoms with Gasteiger partial charge < -0.3 is 19.5 Å². The Morgan fingerprint density at radius 2 is 2.07 bits per heavy atom. The number of rotatable bonds is 7. The van der Waals surface area contributed by atoms with E-state index in [1.165, 1.54) is 31.4 Å². The van der Waals surface area contributed by atoms with Crippen molar-refractivity contribution < 1.29 is 4.74 Å². The van der Waals surface area contributed by atoms with Gasteiger partial charge in [-0.3, -0.25) is 4.98 Å². The number of ether oxygens (including phenoxy) is 1. The Morgan fingerprint density at radius 3 is 2.81 bits per heavy atom. The number of hydrogen-bond acceptors (Lipinski definition) is 3. The molecule has 2 atom stereocenters. The first-order chi connectivity index (χ1) is 13.3. The molecular weight excluding hydrogens is 356 g/mol. The highest BCUT2D eigenvalue weighted by Gasteiger charge is 2.41. The van der Waals surface area contributed by atoms with E-state index in [9.17, 15) is 0 Å². The van der Waals surface area contributed by atoms with E-state index in [1.54, 1.807) is 7.11 Å². The molecule has 144 valence electrons. The molecule has 0 radical (unpaired) electrons. The van der Waals surface area contributed by atoms with Gasteiger partial charge in [0.05, 0.1) is 17.8 Å². The maximum atomic E-state index is 5.73. The summed E-state index contributed by atoms with van der Waals surface area (Å²) in [5.74, 6) is 0. The number of nitrogens with one attached hydrogen (secondary N) is 1. The molecule has 5 nitrogen and oxygen atoms in total. The highest BCUT2D eigenvalue weighted by atomic mass is 32.1. The lowest BCUT2D eigenvalue weighted by molar-refractivity contribution is 0.179. The lowest BCUT2D eigenvalue weighted by Crippen LogP contribution is -2.32. The molecule has 1 aliphatic heterocycles. The molecule has 0 bridgehead atoms. The zero-order valence-corrected chi connectivity index (χ0v) is 16.7. The van der Waals surface area contributed by atoms with Crippen molar-refractivity contribution in [2.24, 2.45) is 0 Å². The van der Waals surface area contributed by atoms with Crippen molar-refractivity contribution in [3.05, 3.63) is 54.1 Å². The van der Waals surface area contributed by atoms with Crippen molar-refractivity contribution in [1.29, 1.82) is 0 Å². The minimum absolute atomic E-state index is 0.0660. The van der Waals surface area contributed by atoms with Gasteiger partial charge in [-0.2, -0.15) is 0 Å². The Bertz CT molecular complexity index is 757. The van der Waals surface area contributed by atoms with Crippen LogP contribution >= 0.6 is 12.2 Å². The second kappa shape index (κ2) is 8.40. The number of thiocarbonyl (C=S) groups is 1. The van der Waals surface area contributed by atoms with E-state index in [0.717, 1.165) is 30.4 Å². The number of pyridine rings is 1. The molecule has 2 aromatic rings. The summed E-state index contributed by atoms with van der Waals surface area (Å²) in [5.41, 5.74) is 2.38. The molecule has 1 N–H and O–H groups in total. The highest BCUT2D eigenvalue weighted by molar-refractivity contribution is 7.80. The molecule has 0 unspecified atom stereocenters. The minimum atomic E-state index is 0.0660. The standard InChI is InChI=1S/C21H28N4OS/c1-26-15-7-14-25-20(18-11-6-13-24(18)16-8-2-3-9-16)19(23-21(25)27)17-10-4-5-12-22-17/h4-6,10-13,16,19-20H,2-3,7-9,14-15H2,1H3,(H,23,27)/t19-,20-/m0/s1. The molecule has 0 amide bonds. The fourth-order valence-corrected chi connectivity index (χ4v) is 4.85. The van der Waals surface area contributed by atoms with E-state index in [1.807, 2.05) is 18.3 Å². The van der Waals surface area contributed by atoms with Crippen molar-refractivity contribution in [3.8, 4) is 0 Å². The third-order valence-corrected chi connectivity index (χ3v) is 6.13. The van der Waals surface area contributed by atoms with Gasteiger partial charge >= 0.3 is 0 Å². The average Bonchev–Trinajstić information content (AvgIpc) is 3.42. The monoisotopic (exact) mass is 384 g/mol. The molecule has 0 spiro atoms. The van der Waals surface area contributed by atoms with Crippen LogP contribution in [-0.2, 0) is 4.74 Å². The molecule has 1 saturated carbocycles. The van der Waals surface area contributed by atoms with Gasteiger partial charge in [0, 0.05) is 44.4 Å². The number of methoxy groups -OCH3 is 1. The van der Waals surface area contributed by atoms with Gasteiger partial charge in [-0.05, 0) is 55.7 Å². The zero-order valence-electron chi connectivity index (χ0n) is 15.9. The van der Waals surface area contributed by atoms with Crippen LogP contribution in [-0.4, -0.2) is 39.8 Å². The first-order valence-electron chi connectivity index (χ1n) is 9.93. The second-order valence-electron chi connectivity index (χ2n) is 7.44. The number of hydrogen-bond donors (Lipinski definition) is 1. The van der Waals surface area contributed by atoms with Gasteiger partial charge in [0.2, 0.25) is 0 Å². The molecule has 4 rings (SSSR count). The van der Waals surface area contributed by atoms with Crippen LogP contribution in [0.2, 0.25) is 0 Å². The highest BCUT2D eigenvalue weighted by Crippen LogP contribution is 2.41. The van der Waals surface area contributed by atoms with Crippen LogP contribution in [0.1, 0.15) is 61.6 Å². The van der Waals surface area contributed by atoms with Crippen LogP contribution in [0.3, 0.4) is 0 Å². The van der Waals surface area contributed by atoms with Gasteiger partial charge in [-0.1, -0.05) is 18.9 Å². The predicted molar refractivity (Wildman–Crippen MR) is 111 cm³/mol. The summed E-state index contributed by atoms with van der Waals surface area (Å²) in [4.78, 5) is 6.96. The maximum absolute atomic E-state index is 5.73. The summed E-state index contributed by atoms with van der Waals surface area (Å²) >= 11 is 5.73. The fourth-order valence-electron chi connectivity index (χ4n) is 4.52. The van der Waals surface area contributed by atoms with E-state index >= 15 is 0 Å². The van der Waals surface area contributed by atoms with Gasteiger partial charge in [0.1, 0.15) is 0 Å². The van der Waals surface area contributed by atoms with E-state index in [-0.39, 0.29) is 12.1 Å². The molecule has 1 saturated heterocycles. The Balaban J connectivity index is 1.69. The molecule has 2 fully saturated rings. The molecular formula is C21H28N4OS. The molecule has 3 heterocycles. The first kappa shape index (κ1) is 18.4. The van der Waals surface area contributed by atoms with E-state index in [2.05, 4.69) is 44.2 Å². The Hall–Kier alpha value is -1.92. The zero-order chi connectivity index (χ0) is 18.6. The largest absolute Gasteiger partial charge is 0.385 e. The van der Waals surface area contributed by atoms with Crippen molar-refractivity contribution in [3.63, 3.8) is 0 Å². The van der Waals surface area contributed by atoms with Crippen molar-refractivity contribution in [1.82, 2.24) is 19.8 Å². The average molecular weight is 385 g/mol. The second-order valence-corrected chi connectivity index (χ2v) is 7.83. The van der Waals surface area contributed by atoms with Crippen LogP contribution in [0.25, 0.3) is 0 Å². The van der Waals surface area contributed by atoms with Crippen LogP contribution in [0.4, 0.5) is 0 Å². The van der Waals surface area contributed by atoms with E-state index in [0.29, 0.717) is 6.04 Å². The number of nitrogens with zero attached hydrogens (tertiary/aromatic N) is 3. The van der Waals surface area contributed by atoms with Crippen molar-refractivity contribution in [2.45, 2.75) is 50.2 Å². The molecule has 6 heteroatoms. The van der Waals surface area contributed by atoms with Crippen LogP contribution in [0.15, 0.2) is 42.7 Å².